The maximum Gasteiger partial charge on any atom is 0.166 e. The molecule has 0 saturated carbocycles. The van der Waals surface area contributed by atoms with Gasteiger partial charge in [-0.1, -0.05) is 0 Å². The lowest BCUT2D eigenvalue weighted by molar-refractivity contribution is -0.227. The Hall–Kier alpha value is 0.170. The van der Waals surface area contributed by atoms with Crippen molar-refractivity contribution in [2.24, 2.45) is 0 Å². The Kier molecular flexibility index (Phi) is 2.45. The third-order valence-corrected chi connectivity index (χ3v) is 3.41. The van der Waals surface area contributed by atoms with Crippen molar-refractivity contribution in [1.29, 1.82) is 0 Å². The summed E-state index contributed by atoms with van der Waals surface area (Å²) >= 11 is 6.14. The van der Waals surface area contributed by atoms with Crippen LogP contribution in [0.5, 0.6) is 0 Å². The minimum atomic E-state index is -1.60. The van der Waals surface area contributed by atoms with E-state index in [4.69, 9.17) is 11.8 Å². The fourth-order valence-electron chi connectivity index (χ4n) is 2.41. The summed E-state index contributed by atoms with van der Waals surface area (Å²) in [5.74, 6) is -1.60. The summed E-state index contributed by atoms with van der Waals surface area (Å²) in [7, 11) is 0. The van der Waals surface area contributed by atoms with Crippen LogP contribution in [0.15, 0.2) is 0 Å². The van der Waals surface area contributed by atoms with Gasteiger partial charge in [0.15, 0.2) is 5.79 Å². The molecule has 0 aliphatic carbocycles. The van der Waals surface area contributed by atoms with Crippen molar-refractivity contribution >= 4 is 11.8 Å². The van der Waals surface area contributed by atoms with Gasteiger partial charge in [-0.25, -0.2) is 4.42 Å². The van der Waals surface area contributed by atoms with Crippen LogP contribution in [0, 0.1) is 0 Å². The van der Waals surface area contributed by atoms with E-state index < -0.39 is 16.9 Å². The number of hydrogen-bond acceptors (Lipinski definition) is 3. The van der Waals surface area contributed by atoms with E-state index in [1.165, 1.54) is 0 Å². The second-order valence-electron chi connectivity index (χ2n) is 5.24. The van der Waals surface area contributed by atoms with Crippen LogP contribution in [-0.2, 0) is 0 Å². The second-order valence-corrected chi connectivity index (χ2v) is 5.58. The van der Waals surface area contributed by atoms with Crippen molar-refractivity contribution in [2.45, 2.75) is 57.4 Å². The van der Waals surface area contributed by atoms with E-state index in [-0.39, 0.29) is 12.8 Å². The highest BCUT2D eigenvalue weighted by molar-refractivity contribution is 6.14. The van der Waals surface area contributed by atoms with Crippen LogP contribution in [0.2, 0.25) is 0 Å². The zero-order valence-electron chi connectivity index (χ0n) is 8.63. The van der Waals surface area contributed by atoms with Gasteiger partial charge in [-0.15, -0.1) is 0 Å². The quantitative estimate of drug-likeness (QED) is 0.467. The largest absolute Gasteiger partial charge is 0.365 e. The maximum atomic E-state index is 9.63. The SMILES string of the molecule is CC1(C)CC(O)(O)CC(C)(C)N1Cl. The Bertz CT molecular complexity index is 194. The standard InChI is InChI=1S/C9H18ClNO2/c1-7(2)5-9(12,13)6-8(3,4)11(7)10/h12-13H,5-6H2,1-4H3. The van der Waals surface area contributed by atoms with Gasteiger partial charge in [0, 0.05) is 23.9 Å². The first-order chi connectivity index (χ1) is 5.57. The monoisotopic (exact) mass is 207 g/mol. The van der Waals surface area contributed by atoms with Crippen molar-refractivity contribution in [3.05, 3.63) is 0 Å². The van der Waals surface area contributed by atoms with Gasteiger partial charge in [-0.2, -0.15) is 0 Å². The molecule has 0 amide bonds. The van der Waals surface area contributed by atoms with Crippen molar-refractivity contribution in [3.8, 4) is 0 Å². The molecule has 0 unspecified atom stereocenters. The molecule has 3 nitrogen and oxygen atoms in total. The van der Waals surface area contributed by atoms with Gasteiger partial charge >= 0.3 is 0 Å². The molecule has 13 heavy (non-hydrogen) atoms. The fraction of sp³-hybridized carbons (Fsp3) is 1.00. The predicted molar refractivity (Wildman–Crippen MR) is 52.3 cm³/mol. The van der Waals surface area contributed by atoms with Crippen molar-refractivity contribution < 1.29 is 10.2 Å². The predicted octanol–water partition coefficient (Wildman–Crippen LogP) is 1.47. The first-order valence-corrected chi connectivity index (χ1v) is 4.82. The summed E-state index contributed by atoms with van der Waals surface area (Å²) in [5, 5.41) is 19.3. The molecule has 1 fully saturated rings. The highest BCUT2D eigenvalue weighted by Crippen LogP contribution is 2.43. The number of rotatable bonds is 0. The molecule has 2 N–H and O–H groups in total. The topological polar surface area (TPSA) is 43.7 Å². The Labute approximate surface area is 84.4 Å². The highest BCUT2D eigenvalue weighted by Gasteiger charge is 2.50. The molecule has 0 spiro atoms. The smallest absolute Gasteiger partial charge is 0.166 e. The molecule has 1 heterocycles. The Morgan fingerprint density at radius 3 is 1.62 bits per heavy atom. The minimum absolute atomic E-state index is 0.271. The molecule has 1 saturated heterocycles. The van der Waals surface area contributed by atoms with Gasteiger partial charge in [0.1, 0.15) is 0 Å². The van der Waals surface area contributed by atoms with Crippen LogP contribution < -0.4 is 0 Å². The molecular formula is C9H18ClNO2. The number of halogens is 1. The lowest BCUT2D eigenvalue weighted by Gasteiger charge is -2.52. The molecule has 0 atom stereocenters. The molecule has 0 radical (unpaired) electrons. The van der Waals surface area contributed by atoms with Crippen LogP contribution >= 0.6 is 11.8 Å². The summed E-state index contributed by atoms with van der Waals surface area (Å²) in [5.41, 5.74) is -0.792. The van der Waals surface area contributed by atoms with Crippen LogP contribution in [-0.4, -0.2) is 31.5 Å². The van der Waals surface area contributed by atoms with Crippen LogP contribution in [0.4, 0.5) is 0 Å². The molecule has 1 rings (SSSR count). The Balaban J connectivity index is 2.96. The van der Waals surface area contributed by atoms with Crippen molar-refractivity contribution in [3.63, 3.8) is 0 Å². The van der Waals surface area contributed by atoms with Gasteiger partial charge in [0.05, 0.1) is 0 Å². The first-order valence-electron chi connectivity index (χ1n) is 4.48. The molecule has 0 bridgehead atoms. The Morgan fingerprint density at radius 1 is 1.00 bits per heavy atom. The van der Waals surface area contributed by atoms with Gasteiger partial charge in [-0.05, 0) is 39.5 Å². The van der Waals surface area contributed by atoms with Gasteiger partial charge < -0.3 is 10.2 Å². The van der Waals surface area contributed by atoms with E-state index in [0.29, 0.717) is 0 Å². The molecule has 4 heteroatoms. The highest BCUT2D eigenvalue weighted by atomic mass is 35.5. The average Bonchev–Trinajstić information content (AvgIpc) is 1.77. The number of hydrogen-bond donors (Lipinski definition) is 2. The first kappa shape index (κ1) is 11.2. The van der Waals surface area contributed by atoms with Crippen molar-refractivity contribution in [2.75, 3.05) is 0 Å². The van der Waals surface area contributed by atoms with Crippen molar-refractivity contribution in [1.82, 2.24) is 4.42 Å². The van der Waals surface area contributed by atoms with Gasteiger partial charge in [0.25, 0.3) is 0 Å². The second kappa shape index (κ2) is 2.83. The number of aliphatic hydroxyl groups is 2. The number of piperidine rings is 1. The molecule has 1 aliphatic rings. The molecule has 0 aromatic heterocycles. The van der Waals surface area contributed by atoms with Crippen LogP contribution in [0.1, 0.15) is 40.5 Å². The van der Waals surface area contributed by atoms with E-state index in [1.807, 2.05) is 27.7 Å². The minimum Gasteiger partial charge on any atom is -0.365 e. The van der Waals surface area contributed by atoms with E-state index in [0.717, 1.165) is 0 Å². The fourth-order valence-corrected chi connectivity index (χ4v) is 2.53. The maximum absolute atomic E-state index is 9.63. The third-order valence-electron chi connectivity index (χ3n) is 2.49. The van der Waals surface area contributed by atoms with E-state index in [1.54, 1.807) is 4.42 Å². The van der Waals surface area contributed by atoms with Gasteiger partial charge in [-0.3, -0.25) is 0 Å². The third kappa shape index (κ3) is 2.15. The van der Waals surface area contributed by atoms with Crippen LogP contribution in [0.25, 0.3) is 0 Å². The van der Waals surface area contributed by atoms with E-state index in [9.17, 15) is 10.2 Å². The average molecular weight is 208 g/mol. The molecule has 0 aromatic rings. The normalized spacial score (nSPS) is 31.6. The van der Waals surface area contributed by atoms with E-state index in [2.05, 4.69) is 0 Å². The zero-order valence-corrected chi connectivity index (χ0v) is 9.39. The van der Waals surface area contributed by atoms with Gasteiger partial charge in [0.2, 0.25) is 0 Å². The number of nitrogens with zero attached hydrogens (tertiary/aromatic N) is 1. The Morgan fingerprint density at radius 2 is 1.31 bits per heavy atom. The lowest BCUT2D eigenvalue weighted by Crippen LogP contribution is -2.61. The summed E-state index contributed by atoms with van der Waals surface area (Å²) in [6.07, 6.45) is 0.542. The molecular weight excluding hydrogens is 190 g/mol. The zero-order chi connectivity index (χ0) is 10.5. The molecule has 78 valence electrons. The molecule has 1 aliphatic heterocycles. The van der Waals surface area contributed by atoms with Crippen LogP contribution in [0.3, 0.4) is 0 Å². The summed E-state index contributed by atoms with van der Waals surface area (Å²) < 4.78 is 1.69. The molecule has 0 aromatic carbocycles. The summed E-state index contributed by atoms with van der Waals surface area (Å²) in [6, 6.07) is 0. The summed E-state index contributed by atoms with van der Waals surface area (Å²) in [4.78, 5) is 0. The lowest BCUT2D eigenvalue weighted by atomic mass is 9.79. The summed E-state index contributed by atoms with van der Waals surface area (Å²) in [6.45, 7) is 7.62. The van der Waals surface area contributed by atoms with E-state index >= 15 is 0 Å².